The summed E-state index contributed by atoms with van der Waals surface area (Å²) in [6.45, 7) is 0. The zero-order valence-corrected chi connectivity index (χ0v) is 9.40. The van der Waals surface area contributed by atoms with Gasteiger partial charge in [0.05, 0.1) is 11.4 Å². The molecule has 2 aromatic heterocycles. The molecule has 0 aliphatic heterocycles. The van der Waals surface area contributed by atoms with E-state index in [2.05, 4.69) is 4.98 Å². The second-order valence-corrected chi connectivity index (χ2v) is 3.82. The van der Waals surface area contributed by atoms with E-state index in [9.17, 15) is 4.79 Å². The minimum absolute atomic E-state index is 0.112. The lowest BCUT2D eigenvalue weighted by atomic mass is 10.1. The largest absolute Gasteiger partial charge is 0.397 e. The van der Waals surface area contributed by atoms with Crippen LogP contribution in [0, 0.1) is 0 Å². The third-order valence-corrected chi connectivity index (χ3v) is 2.48. The number of anilines is 1. The molecule has 0 saturated heterocycles. The number of aryl methyl sites for hydroxylation is 1. The molecule has 0 radical (unpaired) electrons. The maximum Gasteiger partial charge on any atom is 0.250 e. The van der Waals surface area contributed by atoms with Gasteiger partial charge in [-0.2, -0.15) is 0 Å². The molecule has 0 aromatic carbocycles. The Labute approximate surface area is 97.3 Å². The van der Waals surface area contributed by atoms with Gasteiger partial charge in [-0.3, -0.25) is 4.79 Å². The fraction of sp³-hybridized carbons (Fsp3) is 0.0909. The van der Waals surface area contributed by atoms with Gasteiger partial charge in [0.1, 0.15) is 5.15 Å². The molecule has 0 amide bonds. The number of aromatic nitrogens is 2. The number of pyridine rings is 2. The summed E-state index contributed by atoms with van der Waals surface area (Å²) >= 11 is 5.79. The standard InChI is InChI=1S/C11H10ClN3O/c1-15-5-4-7(6-10(15)16)11-8(13)2-3-9(12)14-11/h2-6H,13H2,1H3. The zero-order valence-electron chi connectivity index (χ0n) is 8.64. The Bertz CT molecular complexity index is 592. The Kier molecular flexibility index (Phi) is 2.66. The third kappa shape index (κ3) is 1.92. The summed E-state index contributed by atoms with van der Waals surface area (Å²) < 4.78 is 1.48. The second kappa shape index (κ2) is 3.98. The monoisotopic (exact) mass is 235 g/mol. The van der Waals surface area contributed by atoms with Crippen LogP contribution < -0.4 is 11.3 Å². The lowest BCUT2D eigenvalue weighted by molar-refractivity contribution is 0.861. The van der Waals surface area contributed by atoms with Gasteiger partial charge >= 0.3 is 0 Å². The summed E-state index contributed by atoms with van der Waals surface area (Å²) in [6.07, 6.45) is 1.67. The fourth-order valence-corrected chi connectivity index (χ4v) is 1.52. The van der Waals surface area contributed by atoms with Crippen molar-refractivity contribution in [3.63, 3.8) is 0 Å². The predicted molar refractivity (Wildman–Crippen MR) is 64.3 cm³/mol. The Balaban J connectivity index is 2.63. The lowest BCUT2D eigenvalue weighted by Crippen LogP contribution is -2.14. The average Bonchev–Trinajstić information content (AvgIpc) is 2.26. The van der Waals surface area contributed by atoms with Crippen LogP contribution in [0.5, 0.6) is 0 Å². The normalized spacial score (nSPS) is 10.4. The lowest BCUT2D eigenvalue weighted by Gasteiger charge is -2.05. The minimum atomic E-state index is -0.112. The number of hydrogen-bond acceptors (Lipinski definition) is 3. The van der Waals surface area contributed by atoms with Crippen LogP contribution in [-0.4, -0.2) is 9.55 Å². The van der Waals surface area contributed by atoms with Crippen LogP contribution in [0.4, 0.5) is 5.69 Å². The maximum absolute atomic E-state index is 11.5. The molecule has 0 unspecified atom stereocenters. The first-order valence-electron chi connectivity index (χ1n) is 4.67. The van der Waals surface area contributed by atoms with Crippen molar-refractivity contribution in [2.75, 3.05) is 5.73 Å². The fourth-order valence-electron chi connectivity index (χ4n) is 1.37. The van der Waals surface area contributed by atoms with Crippen molar-refractivity contribution in [3.05, 3.63) is 46.0 Å². The van der Waals surface area contributed by atoms with Crippen LogP contribution in [-0.2, 0) is 7.05 Å². The van der Waals surface area contributed by atoms with Crippen molar-refractivity contribution in [2.24, 2.45) is 7.05 Å². The van der Waals surface area contributed by atoms with Crippen molar-refractivity contribution in [1.29, 1.82) is 0 Å². The molecule has 0 spiro atoms. The van der Waals surface area contributed by atoms with Gasteiger partial charge in [0.2, 0.25) is 0 Å². The van der Waals surface area contributed by atoms with E-state index in [4.69, 9.17) is 17.3 Å². The summed E-state index contributed by atoms with van der Waals surface area (Å²) in [7, 11) is 1.68. The van der Waals surface area contributed by atoms with E-state index in [-0.39, 0.29) is 5.56 Å². The van der Waals surface area contributed by atoms with Gasteiger partial charge in [-0.25, -0.2) is 4.98 Å². The topological polar surface area (TPSA) is 60.9 Å². The van der Waals surface area contributed by atoms with E-state index in [0.717, 1.165) is 0 Å². The highest BCUT2D eigenvalue weighted by Gasteiger charge is 2.06. The van der Waals surface area contributed by atoms with Crippen molar-refractivity contribution in [1.82, 2.24) is 9.55 Å². The number of nitrogen functional groups attached to an aromatic ring is 1. The Hall–Kier alpha value is -1.81. The highest BCUT2D eigenvalue weighted by Crippen LogP contribution is 2.23. The highest BCUT2D eigenvalue weighted by molar-refractivity contribution is 6.29. The Morgan fingerprint density at radius 2 is 2.12 bits per heavy atom. The van der Waals surface area contributed by atoms with Gasteiger partial charge in [-0.05, 0) is 18.2 Å². The molecule has 0 bridgehead atoms. The number of halogens is 1. The number of hydrogen-bond donors (Lipinski definition) is 1. The van der Waals surface area contributed by atoms with Crippen molar-refractivity contribution in [3.8, 4) is 11.3 Å². The van der Waals surface area contributed by atoms with E-state index in [1.807, 2.05) is 0 Å². The Morgan fingerprint density at radius 3 is 2.81 bits per heavy atom. The van der Waals surface area contributed by atoms with Crippen molar-refractivity contribution >= 4 is 17.3 Å². The van der Waals surface area contributed by atoms with Gasteiger partial charge < -0.3 is 10.3 Å². The third-order valence-electron chi connectivity index (χ3n) is 2.27. The van der Waals surface area contributed by atoms with Crippen molar-refractivity contribution in [2.45, 2.75) is 0 Å². The molecule has 0 aliphatic rings. The molecule has 2 rings (SSSR count). The smallest absolute Gasteiger partial charge is 0.250 e. The Morgan fingerprint density at radius 1 is 1.38 bits per heavy atom. The first-order chi connectivity index (χ1) is 7.58. The molecule has 5 heteroatoms. The summed E-state index contributed by atoms with van der Waals surface area (Å²) in [5, 5.41) is 0.352. The quantitative estimate of drug-likeness (QED) is 0.765. The summed E-state index contributed by atoms with van der Waals surface area (Å²) in [4.78, 5) is 15.6. The minimum Gasteiger partial charge on any atom is -0.397 e. The van der Waals surface area contributed by atoms with Gasteiger partial charge in [0.15, 0.2) is 0 Å². The molecule has 0 aliphatic carbocycles. The predicted octanol–water partition coefficient (Wildman–Crippen LogP) is 1.68. The SMILES string of the molecule is Cn1ccc(-c2nc(Cl)ccc2N)cc1=O. The molecule has 0 atom stereocenters. The van der Waals surface area contributed by atoms with Gasteiger partial charge in [0.25, 0.3) is 5.56 Å². The molecule has 4 nitrogen and oxygen atoms in total. The molecule has 0 fully saturated rings. The summed E-state index contributed by atoms with van der Waals surface area (Å²) in [6, 6.07) is 6.54. The van der Waals surface area contributed by atoms with Crippen LogP contribution in [0.25, 0.3) is 11.3 Å². The molecule has 0 saturated carbocycles. The van der Waals surface area contributed by atoms with Crippen LogP contribution >= 0.6 is 11.6 Å². The van der Waals surface area contributed by atoms with Crippen LogP contribution in [0.2, 0.25) is 5.15 Å². The van der Waals surface area contributed by atoms with Crippen molar-refractivity contribution < 1.29 is 0 Å². The molecule has 2 N–H and O–H groups in total. The van der Waals surface area contributed by atoms with E-state index in [1.165, 1.54) is 10.6 Å². The molecule has 16 heavy (non-hydrogen) atoms. The van der Waals surface area contributed by atoms with Crippen LogP contribution in [0.3, 0.4) is 0 Å². The van der Waals surface area contributed by atoms with E-state index in [1.54, 1.807) is 31.4 Å². The van der Waals surface area contributed by atoms with Gasteiger partial charge in [-0.15, -0.1) is 0 Å². The number of nitrogens with zero attached hydrogens (tertiary/aromatic N) is 2. The van der Waals surface area contributed by atoms with E-state index >= 15 is 0 Å². The molecular formula is C11H10ClN3O. The average molecular weight is 236 g/mol. The number of rotatable bonds is 1. The van der Waals surface area contributed by atoms with E-state index in [0.29, 0.717) is 22.1 Å². The molecule has 82 valence electrons. The van der Waals surface area contributed by atoms with Crippen LogP contribution in [0.15, 0.2) is 35.3 Å². The van der Waals surface area contributed by atoms with Gasteiger partial charge in [0, 0.05) is 24.9 Å². The van der Waals surface area contributed by atoms with Crippen LogP contribution in [0.1, 0.15) is 0 Å². The zero-order chi connectivity index (χ0) is 11.7. The van der Waals surface area contributed by atoms with Gasteiger partial charge in [-0.1, -0.05) is 11.6 Å². The highest BCUT2D eigenvalue weighted by atomic mass is 35.5. The number of nitrogens with two attached hydrogens (primary N) is 1. The summed E-state index contributed by atoms with van der Waals surface area (Å²) in [5.74, 6) is 0. The summed E-state index contributed by atoms with van der Waals surface area (Å²) in [5.41, 5.74) is 7.37. The first kappa shape index (κ1) is 10.7. The molecular weight excluding hydrogens is 226 g/mol. The van der Waals surface area contributed by atoms with E-state index < -0.39 is 0 Å². The maximum atomic E-state index is 11.5. The first-order valence-corrected chi connectivity index (χ1v) is 5.05. The second-order valence-electron chi connectivity index (χ2n) is 3.44. The molecule has 2 aromatic rings. The molecule has 2 heterocycles.